The van der Waals surface area contributed by atoms with Crippen LogP contribution in [0.25, 0.3) is 0 Å². The lowest BCUT2D eigenvalue weighted by Crippen LogP contribution is -2.28. The number of amides is 1. The van der Waals surface area contributed by atoms with Crippen molar-refractivity contribution in [1.82, 2.24) is 10.2 Å². The average molecular weight is 239 g/mol. The van der Waals surface area contributed by atoms with E-state index in [9.17, 15) is 9.59 Å². The summed E-state index contributed by atoms with van der Waals surface area (Å²) >= 11 is 0. The molecule has 0 aromatic carbocycles. The first-order valence-corrected chi connectivity index (χ1v) is 4.33. The standard InChI is InChI=1S/C8H14N2O4.ClH/c1-10(2)4-7(11)13-5-6-3-9-8(12)14-6;/h6H,3-5H2,1-2H3,(H,9,12);1H/t6-;/m0./s1. The quantitative estimate of drug-likeness (QED) is 0.677. The number of nitrogens with one attached hydrogen (secondary N) is 1. The first kappa shape index (κ1) is 14.0. The predicted octanol–water partition coefficient (Wildman–Crippen LogP) is -0.379. The second-order valence-electron chi connectivity index (χ2n) is 3.33. The van der Waals surface area contributed by atoms with Gasteiger partial charge in [-0.05, 0) is 14.1 Å². The van der Waals surface area contributed by atoms with Crippen molar-refractivity contribution in [2.24, 2.45) is 0 Å². The van der Waals surface area contributed by atoms with Crippen LogP contribution in [0.1, 0.15) is 0 Å². The van der Waals surface area contributed by atoms with E-state index in [0.717, 1.165) is 0 Å². The summed E-state index contributed by atoms with van der Waals surface area (Å²) in [6, 6.07) is 0. The minimum absolute atomic E-state index is 0. The lowest BCUT2D eigenvalue weighted by Gasteiger charge is -2.11. The van der Waals surface area contributed by atoms with Gasteiger partial charge in [0.1, 0.15) is 6.61 Å². The molecule has 1 rings (SSSR count). The van der Waals surface area contributed by atoms with E-state index in [-0.39, 0.29) is 37.6 Å². The van der Waals surface area contributed by atoms with Crippen LogP contribution in [0.15, 0.2) is 0 Å². The molecule has 0 aromatic heterocycles. The van der Waals surface area contributed by atoms with Gasteiger partial charge in [0.05, 0.1) is 13.1 Å². The molecule has 1 aliphatic rings. The molecule has 1 heterocycles. The number of likely N-dealkylation sites (N-methyl/N-ethyl adjacent to an activating group) is 1. The predicted molar refractivity (Wildman–Crippen MR) is 55.0 cm³/mol. The molecule has 1 saturated heterocycles. The van der Waals surface area contributed by atoms with Gasteiger partial charge in [0, 0.05) is 0 Å². The Morgan fingerprint density at radius 2 is 2.33 bits per heavy atom. The van der Waals surface area contributed by atoms with Gasteiger partial charge in [-0.15, -0.1) is 12.4 Å². The number of nitrogens with zero attached hydrogens (tertiary/aromatic N) is 1. The first-order chi connectivity index (χ1) is 6.58. The highest BCUT2D eigenvalue weighted by atomic mass is 35.5. The molecule has 15 heavy (non-hydrogen) atoms. The Balaban J connectivity index is 0.00000196. The van der Waals surface area contributed by atoms with Crippen LogP contribution in [-0.4, -0.2) is 56.9 Å². The average Bonchev–Trinajstić information content (AvgIpc) is 2.47. The summed E-state index contributed by atoms with van der Waals surface area (Å²) in [7, 11) is 3.55. The molecule has 1 aliphatic heterocycles. The van der Waals surface area contributed by atoms with Crippen molar-refractivity contribution in [3.8, 4) is 0 Å². The Morgan fingerprint density at radius 1 is 1.67 bits per heavy atom. The Kier molecular flexibility index (Phi) is 6.03. The lowest BCUT2D eigenvalue weighted by atomic mass is 10.4. The maximum atomic E-state index is 11.1. The second-order valence-corrected chi connectivity index (χ2v) is 3.33. The second kappa shape index (κ2) is 6.47. The summed E-state index contributed by atoms with van der Waals surface area (Å²) < 4.78 is 9.66. The topological polar surface area (TPSA) is 67.9 Å². The van der Waals surface area contributed by atoms with Crippen molar-refractivity contribution in [3.05, 3.63) is 0 Å². The molecule has 0 saturated carbocycles. The van der Waals surface area contributed by atoms with Crippen LogP contribution in [0.2, 0.25) is 0 Å². The number of halogens is 1. The van der Waals surface area contributed by atoms with Gasteiger partial charge >= 0.3 is 12.1 Å². The highest BCUT2D eigenvalue weighted by molar-refractivity contribution is 5.85. The van der Waals surface area contributed by atoms with Gasteiger partial charge in [0.15, 0.2) is 6.10 Å². The number of hydrogen-bond donors (Lipinski definition) is 1. The Morgan fingerprint density at radius 3 is 2.80 bits per heavy atom. The molecule has 0 aliphatic carbocycles. The van der Waals surface area contributed by atoms with E-state index in [2.05, 4.69) is 5.32 Å². The number of hydrogen-bond acceptors (Lipinski definition) is 5. The zero-order chi connectivity index (χ0) is 10.6. The van der Waals surface area contributed by atoms with Crippen molar-refractivity contribution in [2.75, 3.05) is 33.8 Å². The van der Waals surface area contributed by atoms with Crippen molar-refractivity contribution in [2.45, 2.75) is 6.10 Å². The number of esters is 1. The molecule has 1 fully saturated rings. The minimum atomic E-state index is -0.460. The van der Waals surface area contributed by atoms with Gasteiger partial charge in [0.25, 0.3) is 0 Å². The number of ether oxygens (including phenoxy) is 2. The minimum Gasteiger partial charge on any atom is -0.461 e. The zero-order valence-electron chi connectivity index (χ0n) is 8.69. The molecule has 0 spiro atoms. The zero-order valence-corrected chi connectivity index (χ0v) is 9.50. The van der Waals surface area contributed by atoms with Crippen LogP contribution in [0.4, 0.5) is 4.79 Å². The molecule has 6 nitrogen and oxygen atoms in total. The van der Waals surface area contributed by atoms with Crippen LogP contribution in [0.5, 0.6) is 0 Å². The molecule has 0 radical (unpaired) electrons. The lowest BCUT2D eigenvalue weighted by molar-refractivity contribution is -0.146. The summed E-state index contributed by atoms with van der Waals surface area (Å²) in [6.45, 7) is 0.744. The summed E-state index contributed by atoms with van der Waals surface area (Å²) in [5.41, 5.74) is 0. The van der Waals surface area contributed by atoms with Crippen LogP contribution in [0.3, 0.4) is 0 Å². The van der Waals surface area contributed by atoms with Crippen LogP contribution < -0.4 is 5.32 Å². The smallest absolute Gasteiger partial charge is 0.407 e. The third kappa shape index (κ3) is 5.44. The molecular formula is C8H15ClN2O4. The third-order valence-corrected chi connectivity index (χ3v) is 1.62. The number of carbonyl (C=O) groups is 2. The van der Waals surface area contributed by atoms with Gasteiger partial charge in [-0.2, -0.15) is 0 Å². The molecule has 1 amide bonds. The summed E-state index contributed by atoms with van der Waals surface area (Å²) in [5, 5.41) is 2.47. The number of carbonyl (C=O) groups excluding carboxylic acids is 2. The normalized spacial score (nSPS) is 19.1. The largest absolute Gasteiger partial charge is 0.461 e. The van der Waals surface area contributed by atoms with Crippen molar-refractivity contribution in [1.29, 1.82) is 0 Å². The monoisotopic (exact) mass is 238 g/mol. The molecular weight excluding hydrogens is 224 g/mol. The van der Waals surface area contributed by atoms with Gasteiger partial charge in [-0.25, -0.2) is 4.79 Å². The van der Waals surface area contributed by atoms with E-state index in [4.69, 9.17) is 9.47 Å². The fourth-order valence-electron chi connectivity index (χ4n) is 1.01. The van der Waals surface area contributed by atoms with E-state index in [1.165, 1.54) is 0 Å². The Hall–Kier alpha value is -1.01. The first-order valence-electron chi connectivity index (χ1n) is 4.33. The number of rotatable bonds is 4. The van der Waals surface area contributed by atoms with E-state index in [1.54, 1.807) is 19.0 Å². The third-order valence-electron chi connectivity index (χ3n) is 1.62. The van der Waals surface area contributed by atoms with Gasteiger partial charge in [-0.1, -0.05) is 0 Å². The van der Waals surface area contributed by atoms with E-state index >= 15 is 0 Å². The SMILES string of the molecule is CN(C)CC(=O)OC[C@@H]1CNC(=O)O1.Cl. The summed E-state index contributed by atoms with van der Waals surface area (Å²) in [4.78, 5) is 23.4. The van der Waals surface area contributed by atoms with E-state index in [1.807, 2.05) is 0 Å². The molecule has 1 atom stereocenters. The van der Waals surface area contributed by atoms with Crippen molar-refractivity contribution in [3.63, 3.8) is 0 Å². The molecule has 0 unspecified atom stereocenters. The molecule has 1 N–H and O–H groups in total. The van der Waals surface area contributed by atoms with Crippen LogP contribution >= 0.6 is 12.4 Å². The molecule has 0 bridgehead atoms. The number of cyclic esters (lactones) is 1. The maximum Gasteiger partial charge on any atom is 0.407 e. The van der Waals surface area contributed by atoms with Crippen LogP contribution in [-0.2, 0) is 14.3 Å². The van der Waals surface area contributed by atoms with E-state index < -0.39 is 6.09 Å². The maximum absolute atomic E-state index is 11.1. The highest BCUT2D eigenvalue weighted by Gasteiger charge is 2.23. The van der Waals surface area contributed by atoms with Gasteiger partial charge < -0.3 is 14.8 Å². The molecule has 7 heteroatoms. The fourth-order valence-corrected chi connectivity index (χ4v) is 1.01. The molecule has 88 valence electrons. The van der Waals surface area contributed by atoms with Gasteiger partial charge in [-0.3, -0.25) is 9.69 Å². The fraction of sp³-hybridized carbons (Fsp3) is 0.750. The highest BCUT2D eigenvalue weighted by Crippen LogP contribution is 2.00. The van der Waals surface area contributed by atoms with E-state index in [0.29, 0.717) is 6.54 Å². The Labute approximate surface area is 94.3 Å². The summed E-state index contributed by atoms with van der Waals surface area (Å²) in [5.74, 6) is -0.321. The van der Waals surface area contributed by atoms with Gasteiger partial charge in [0.2, 0.25) is 0 Å². The van der Waals surface area contributed by atoms with Crippen LogP contribution in [0, 0.1) is 0 Å². The van der Waals surface area contributed by atoms with Crippen molar-refractivity contribution < 1.29 is 19.1 Å². The van der Waals surface area contributed by atoms with Crippen molar-refractivity contribution >= 4 is 24.5 Å². The molecule has 0 aromatic rings. The number of alkyl carbamates (subject to hydrolysis) is 1. The Bertz CT molecular complexity index is 235. The summed E-state index contributed by atoms with van der Waals surface area (Å²) in [6.07, 6.45) is -0.813.